The van der Waals surface area contributed by atoms with E-state index in [1.54, 1.807) is 25.5 Å². The van der Waals surface area contributed by atoms with Crippen LogP contribution in [0.25, 0.3) is 16.8 Å². The lowest BCUT2D eigenvalue weighted by Crippen LogP contribution is -2.17. The van der Waals surface area contributed by atoms with Crippen molar-refractivity contribution < 1.29 is 9.53 Å². The first-order chi connectivity index (χ1) is 16.0. The summed E-state index contributed by atoms with van der Waals surface area (Å²) in [6, 6.07) is 26.2. The number of carbonyl (C=O) groups is 1. The van der Waals surface area contributed by atoms with Gasteiger partial charge in [0.1, 0.15) is 5.75 Å². The number of methoxy groups -OCH3 is 1. The molecule has 0 fully saturated rings. The smallest absolute Gasteiger partial charge is 0.271 e. The minimum absolute atomic E-state index is 0.286. The van der Waals surface area contributed by atoms with Crippen LogP contribution in [0.15, 0.2) is 84.0 Å². The third kappa shape index (κ3) is 5.01. The Morgan fingerprint density at radius 1 is 0.970 bits per heavy atom. The lowest BCUT2D eigenvalue weighted by Gasteiger charge is -2.11. The van der Waals surface area contributed by atoms with E-state index in [2.05, 4.69) is 87.1 Å². The third-order valence-corrected chi connectivity index (χ3v) is 6.38. The van der Waals surface area contributed by atoms with Crippen LogP contribution >= 0.6 is 22.6 Å². The summed E-state index contributed by atoms with van der Waals surface area (Å²) in [6.45, 7) is 4.11. The van der Waals surface area contributed by atoms with Crippen molar-refractivity contribution in [3.8, 4) is 22.6 Å². The second kappa shape index (κ2) is 10.0. The SMILES string of the molecule is COc1cc(C(=O)N/N=C/c2cc(C)n(-c3ccc(-c4ccccc4)cc3)c2C)ccc1I. The summed E-state index contributed by atoms with van der Waals surface area (Å²) in [4.78, 5) is 12.5. The van der Waals surface area contributed by atoms with Gasteiger partial charge in [0.25, 0.3) is 5.91 Å². The van der Waals surface area contributed by atoms with Crippen molar-refractivity contribution in [2.75, 3.05) is 7.11 Å². The standard InChI is InChI=1S/C27H24IN3O2/c1-18-15-23(17-29-30-27(32)22-11-14-25(28)26(16-22)33-3)19(2)31(18)24-12-9-21(10-13-24)20-7-5-4-6-8-20/h4-17H,1-3H3,(H,30,32)/b29-17+. The first-order valence-electron chi connectivity index (χ1n) is 10.5. The van der Waals surface area contributed by atoms with Gasteiger partial charge in [-0.15, -0.1) is 0 Å². The fraction of sp³-hybridized carbons (Fsp3) is 0.111. The first kappa shape index (κ1) is 22.8. The number of amides is 1. The molecule has 5 nitrogen and oxygen atoms in total. The van der Waals surface area contributed by atoms with Crippen LogP contribution in [0.5, 0.6) is 5.75 Å². The number of nitrogens with zero attached hydrogens (tertiary/aromatic N) is 2. The second-order valence-electron chi connectivity index (χ2n) is 7.62. The van der Waals surface area contributed by atoms with Crippen LogP contribution in [0, 0.1) is 17.4 Å². The van der Waals surface area contributed by atoms with E-state index < -0.39 is 0 Å². The molecule has 1 aromatic heterocycles. The highest BCUT2D eigenvalue weighted by Gasteiger charge is 2.11. The van der Waals surface area contributed by atoms with Gasteiger partial charge in [-0.05, 0) is 84.0 Å². The van der Waals surface area contributed by atoms with E-state index in [4.69, 9.17) is 4.74 Å². The predicted molar refractivity (Wildman–Crippen MR) is 141 cm³/mol. The summed E-state index contributed by atoms with van der Waals surface area (Å²) in [5.41, 5.74) is 9.64. The Hall–Kier alpha value is -3.39. The molecule has 0 saturated carbocycles. The van der Waals surface area contributed by atoms with Gasteiger partial charge in [-0.2, -0.15) is 5.10 Å². The van der Waals surface area contributed by atoms with Crippen molar-refractivity contribution in [1.29, 1.82) is 0 Å². The van der Waals surface area contributed by atoms with Gasteiger partial charge in [0.15, 0.2) is 0 Å². The molecule has 166 valence electrons. The topological polar surface area (TPSA) is 55.6 Å². The minimum Gasteiger partial charge on any atom is -0.496 e. The average Bonchev–Trinajstić information content (AvgIpc) is 3.12. The lowest BCUT2D eigenvalue weighted by atomic mass is 10.1. The maximum Gasteiger partial charge on any atom is 0.271 e. The second-order valence-corrected chi connectivity index (χ2v) is 8.79. The molecule has 4 aromatic rings. The van der Waals surface area contributed by atoms with Gasteiger partial charge < -0.3 is 9.30 Å². The number of ether oxygens (including phenoxy) is 1. The summed E-state index contributed by atoms with van der Waals surface area (Å²) >= 11 is 2.17. The van der Waals surface area contributed by atoms with Crippen molar-refractivity contribution in [1.82, 2.24) is 9.99 Å². The fourth-order valence-corrected chi connectivity index (χ4v) is 4.33. The third-order valence-electron chi connectivity index (χ3n) is 5.49. The molecule has 0 atom stereocenters. The normalized spacial score (nSPS) is 11.0. The maximum absolute atomic E-state index is 12.5. The number of rotatable bonds is 6. The van der Waals surface area contributed by atoms with Gasteiger partial charge in [-0.1, -0.05) is 42.5 Å². The quantitative estimate of drug-likeness (QED) is 0.179. The van der Waals surface area contributed by atoms with Crippen LogP contribution in [-0.4, -0.2) is 23.8 Å². The molecule has 0 saturated heterocycles. The molecule has 3 aromatic carbocycles. The molecule has 0 aliphatic carbocycles. The number of benzene rings is 3. The van der Waals surface area contributed by atoms with Crippen molar-refractivity contribution in [3.05, 3.63) is 105 Å². The van der Waals surface area contributed by atoms with E-state index in [-0.39, 0.29) is 5.91 Å². The molecule has 0 aliphatic heterocycles. The van der Waals surface area contributed by atoms with E-state index in [9.17, 15) is 4.79 Å². The van der Waals surface area contributed by atoms with Crippen LogP contribution in [0.2, 0.25) is 0 Å². The minimum atomic E-state index is -0.286. The van der Waals surface area contributed by atoms with E-state index >= 15 is 0 Å². The molecular weight excluding hydrogens is 525 g/mol. The Morgan fingerprint density at radius 3 is 2.36 bits per heavy atom. The number of hydrazone groups is 1. The number of carbonyl (C=O) groups excluding carboxylic acids is 1. The van der Waals surface area contributed by atoms with Crippen LogP contribution in [0.1, 0.15) is 27.3 Å². The summed E-state index contributed by atoms with van der Waals surface area (Å²) in [5.74, 6) is 0.375. The molecule has 0 bridgehead atoms. The van der Waals surface area contributed by atoms with E-state index in [1.807, 2.05) is 31.2 Å². The Balaban J connectivity index is 1.51. The molecule has 0 unspecified atom stereocenters. The van der Waals surface area contributed by atoms with Crippen molar-refractivity contribution in [2.45, 2.75) is 13.8 Å². The Labute approximate surface area is 207 Å². The zero-order valence-electron chi connectivity index (χ0n) is 18.7. The molecule has 0 spiro atoms. The predicted octanol–water partition coefficient (Wildman–Crippen LogP) is 6.14. The molecule has 33 heavy (non-hydrogen) atoms. The highest BCUT2D eigenvalue weighted by molar-refractivity contribution is 14.1. The van der Waals surface area contributed by atoms with Gasteiger partial charge in [0.2, 0.25) is 0 Å². The number of hydrogen-bond donors (Lipinski definition) is 1. The van der Waals surface area contributed by atoms with Gasteiger partial charge in [0.05, 0.1) is 16.9 Å². The van der Waals surface area contributed by atoms with Crippen LogP contribution in [0.3, 0.4) is 0 Å². The molecule has 1 amide bonds. The molecule has 4 rings (SSSR count). The molecule has 0 aliphatic rings. The molecule has 1 N–H and O–H groups in total. The Morgan fingerprint density at radius 2 is 1.67 bits per heavy atom. The molecule has 1 heterocycles. The number of aryl methyl sites for hydroxylation is 1. The van der Waals surface area contributed by atoms with Gasteiger partial charge >= 0.3 is 0 Å². The molecular formula is C27H24IN3O2. The maximum atomic E-state index is 12.5. The summed E-state index contributed by atoms with van der Waals surface area (Å²) in [7, 11) is 1.59. The van der Waals surface area contributed by atoms with E-state index in [1.165, 1.54) is 11.1 Å². The van der Waals surface area contributed by atoms with Gasteiger partial charge in [0, 0.05) is 28.2 Å². The monoisotopic (exact) mass is 549 g/mol. The van der Waals surface area contributed by atoms with Crippen molar-refractivity contribution >= 4 is 34.7 Å². The highest BCUT2D eigenvalue weighted by Crippen LogP contribution is 2.24. The van der Waals surface area contributed by atoms with Gasteiger partial charge in [-0.3, -0.25) is 4.79 Å². The fourth-order valence-electron chi connectivity index (χ4n) is 3.78. The number of hydrogen-bond acceptors (Lipinski definition) is 3. The van der Waals surface area contributed by atoms with E-state index in [0.29, 0.717) is 11.3 Å². The van der Waals surface area contributed by atoms with Crippen LogP contribution in [-0.2, 0) is 0 Å². The molecule has 0 radical (unpaired) electrons. The summed E-state index contributed by atoms with van der Waals surface area (Å²) in [5, 5.41) is 4.18. The lowest BCUT2D eigenvalue weighted by molar-refractivity contribution is 0.0954. The number of aromatic nitrogens is 1. The Bertz CT molecular complexity index is 1310. The van der Waals surface area contributed by atoms with Crippen molar-refractivity contribution in [3.63, 3.8) is 0 Å². The molecule has 6 heteroatoms. The van der Waals surface area contributed by atoms with Crippen LogP contribution in [0.4, 0.5) is 0 Å². The number of halogens is 1. The average molecular weight is 549 g/mol. The highest BCUT2D eigenvalue weighted by atomic mass is 127. The van der Waals surface area contributed by atoms with Crippen molar-refractivity contribution in [2.24, 2.45) is 5.10 Å². The zero-order chi connectivity index (χ0) is 23.4. The Kier molecular flexibility index (Phi) is 6.93. The van der Waals surface area contributed by atoms with E-state index in [0.717, 1.165) is 26.2 Å². The summed E-state index contributed by atoms with van der Waals surface area (Å²) < 4.78 is 8.41. The first-order valence-corrected chi connectivity index (χ1v) is 11.6. The largest absolute Gasteiger partial charge is 0.496 e. The van der Waals surface area contributed by atoms with Gasteiger partial charge in [-0.25, -0.2) is 5.43 Å². The number of nitrogens with one attached hydrogen (secondary N) is 1. The van der Waals surface area contributed by atoms with Crippen LogP contribution < -0.4 is 10.2 Å². The summed E-state index contributed by atoms with van der Waals surface area (Å²) in [6.07, 6.45) is 1.68. The zero-order valence-corrected chi connectivity index (χ0v) is 20.8.